The zero-order valence-corrected chi connectivity index (χ0v) is 11.9. The van der Waals surface area contributed by atoms with Gasteiger partial charge in [-0.3, -0.25) is 4.79 Å². The third kappa shape index (κ3) is 3.10. The summed E-state index contributed by atoms with van der Waals surface area (Å²) < 4.78 is 0. The maximum atomic E-state index is 11.5. The highest BCUT2D eigenvalue weighted by Crippen LogP contribution is 2.29. The standard InChI is InChI=1S/C15H20N2O3/c1-16(2)14(18)4-3-8-17-9-7-11-5-6-12(15(19)20)10-13(11)17/h5-6,10H,3-4,7-9H2,1-2H3,(H,19,20). The molecule has 0 saturated carbocycles. The molecule has 1 aromatic rings. The highest BCUT2D eigenvalue weighted by molar-refractivity contribution is 5.89. The lowest BCUT2D eigenvalue weighted by molar-refractivity contribution is -0.128. The van der Waals surface area contributed by atoms with E-state index in [9.17, 15) is 9.59 Å². The number of rotatable bonds is 5. The van der Waals surface area contributed by atoms with E-state index in [1.807, 2.05) is 6.07 Å². The van der Waals surface area contributed by atoms with Gasteiger partial charge in [-0.15, -0.1) is 0 Å². The molecule has 1 amide bonds. The normalized spacial score (nSPS) is 13.2. The summed E-state index contributed by atoms with van der Waals surface area (Å²) in [5, 5.41) is 9.04. The van der Waals surface area contributed by atoms with Gasteiger partial charge >= 0.3 is 5.97 Å². The van der Waals surface area contributed by atoms with E-state index in [0.717, 1.165) is 31.6 Å². The summed E-state index contributed by atoms with van der Waals surface area (Å²) in [6.45, 7) is 1.68. The highest BCUT2D eigenvalue weighted by Gasteiger charge is 2.20. The van der Waals surface area contributed by atoms with Crippen LogP contribution in [0.4, 0.5) is 5.69 Å². The topological polar surface area (TPSA) is 60.9 Å². The van der Waals surface area contributed by atoms with Gasteiger partial charge in [0.1, 0.15) is 0 Å². The molecule has 0 fully saturated rings. The molecule has 1 heterocycles. The number of carbonyl (C=O) groups is 2. The predicted octanol–water partition coefficient (Wildman–Crippen LogP) is 1.62. The Labute approximate surface area is 118 Å². The molecule has 0 spiro atoms. The first kappa shape index (κ1) is 14.4. The largest absolute Gasteiger partial charge is 0.478 e. The van der Waals surface area contributed by atoms with Crippen LogP contribution in [0.5, 0.6) is 0 Å². The van der Waals surface area contributed by atoms with Crippen molar-refractivity contribution in [1.29, 1.82) is 0 Å². The molecule has 0 unspecified atom stereocenters. The second kappa shape index (κ2) is 5.94. The molecule has 5 nitrogen and oxygen atoms in total. The number of carbonyl (C=O) groups excluding carboxylic acids is 1. The predicted molar refractivity (Wildman–Crippen MR) is 77.2 cm³/mol. The Morgan fingerprint density at radius 2 is 2.10 bits per heavy atom. The van der Waals surface area contributed by atoms with E-state index in [2.05, 4.69) is 4.90 Å². The average molecular weight is 276 g/mol. The number of fused-ring (bicyclic) bond motifs is 1. The average Bonchev–Trinajstić information content (AvgIpc) is 2.81. The van der Waals surface area contributed by atoms with E-state index in [-0.39, 0.29) is 5.91 Å². The van der Waals surface area contributed by atoms with Crippen LogP contribution in [0.25, 0.3) is 0 Å². The molecule has 0 bridgehead atoms. The fourth-order valence-electron chi connectivity index (χ4n) is 2.46. The molecule has 0 atom stereocenters. The molecule has 108 valence electrons. The number of hydrogen-bond donors (Lipinski definition) is 1. The molecular formula is C15H20N2O3. The van der Waals surface area contributed by atoms with Crippen LogP contribution in [0.15, 0.2) is 18.2 Å². The van der Waals surface area contributed by atoms with Gasteiger partial charge < -0.3 is 14.9 Å². The van der Waals surface area contributed by atoms with Crippen LogP contribution in [0.1, 0.15) is 28.8 Å². The molecule has 1 aliphatic rings. The molecular weight excluding hydrogens is 256 g/mol. The summed E-state index contributed by atoms with van der Waals surface area (Å²) in [6, 6.07) is 5.28. The molecule has 0 radical (unpaired) electrons. The van der Waals surface area contributed by atoms with Crippen LogP contribution in [0.2, 0.25) is 0 Å². The van der Waals surface area contributed by atoms with E-state index in [1.54, 1.807) is 31.1 Å². The van der Waals surface area contributed by atoms with Crippen LogP contribution in [-0.4, -0.2) is 49.1 Å². The van der Waals surface area contributed by atoms with Gasteiger partial charge in [-0.05, 0) is 30.5 Å². The lowest BCUT2D eigenvalue weighted by atomic mass is 10.1. The number of aromatic carboxylic acids is 1. The van der Waals surface area contributed by atoms with Gasteiger partial charge in [0, 0.05) is 39.3 Å². The van der Waals surface area contributed by atoms with Crippen molar-refractivity contribution < 1.29 is 14.7 Å². The molecule has 1 N–H and O–H groups in total. The number of benzene rings is 1. The molecule has 1 aromatic carbocycles. The van der Waals surface area contributed by atoms with Gasteiger partial charge in [0.2, 0.25) is 5.91 Å². The minimum Gasteiger partial charge on any atom is -0.478 e. The van der Waals surface area contributed by atoms with Crippen molar-refractivity contribution in [3.8, 4) is 0 Å². The molecule has 5 heteroatoms. The van der Waals surface area contributed by atoms with Crippen molar-refractivity contribution in [3.63, 3.8) is 0 Å². The maximum Gasteiger partial charge on any atom is 0.335 e. The fourth-order valence-corrected chi connectivity index (χ4v) is 2.46. The Balaban J connectivity index is 1.98. The van der Waals surface area contributed by atoms with Gasteiger partial charge in [0.25, 0.3) is 0 Å². The van der Waals surface area contributed by atoms with E-state index >= 15 is 0 Å². The summed E-state index contributed by atoms with van der Waals surface area (Å²) in [5.74, 6) is -0.772. The zero-order valence-electron chi connectivity index (χ0n) is 11.9. The summed E-state index contributed by atoms with van der Waals surface area (Å²) in [4.78, 5) is 26.3. The third-order valence-electron chi connectivity index (χ3n) is 3.64. The van der Waals surface area contributed by atoms with E-state index < -0.39 is 5.97 Å². The Hall–Kier alpha value is -2.04. The van der Waals surface area contributed by atoms with Crippen molar-refractivity contribution in [2.24, 2.45) is 0 Å². The summed E-state index contributed by atoms with van der Waals surface area (Å²) >= 11 is 0. The molecule has 0 aliphatic carbocycles. The SMILES string of the molecule is CN(C)C(=O)CCCN1CCc2ccc(C(=O)O)cc21. The van der Waals surface area contributed by atoms with Gasteiger partial charge in [0.15, 0.2) is 0 Å². The second-order valence-electron chi connectivity index (χ2n) is 5.28. The van der Waals surface area contributed by atoms with Crippen LogP contribution >= 0.6 is 0 Å². The van der Waals surface area contributed by atoms with Crippen LogP contribution in [0.3, 0.4) is 0 Å². The number of hydrogen-bond acceptors (Lipinski definition) is 3. The van der Waals surface area contributed by atoms with E-state index in [4.69, 9.17) is 5.11 Å². The summed E-state index contributed by atoms with van der Waals surface area (Å²) in [5.41, 5.74) is 2.51. The van der Waals surface area contributed by atoms with Gasteiger partial charge in [-0.2, -0.15) is 0 Å². The quantitative estimate of drug-likeness (QED) is 0.887. The van der Waals surface area contributed by atoms with Crippen molar-refractivity contribution in [3.05, 3.63) is 29.3 Å². The molecule has 0 saturated heterocycles. The van der Waals surface area contributed by atoms with E-state index in [1.165, 1.54) is 5.56 Å². The fraction of sp³-hybridized carbons (Fsp3) is 0.467. The maximum absolute atomic E-state index is 11.5. The number of anilines is 1. The monoisotopic (exact) mass is 276 g/mol. The smallest absolute Gasteiger partial charge is 0.335 e. The molecule has 1 aliphatic heterocycles. The summed E-state index contributed by atoms with van der Waals surface area (Å²) in [7, 11) is 3.51. The van der Waals surface area contributed by atoms with E-state index in [0.29, 0.717) is 12.0 Å². The van der Waals surface area contributed by atoms with Gasteiger partial charge in [-0.25, -0.2) is 4.79 Å². The Bertz CT molecular complexity index is 526. The number of amides is 1. The van der Waals surface area contributed by atoms with Crippen LogP contribution < -0.4 is 4.90 Å². The molecule has 0 aromatic heterocycles. The zero-order chi connectivity index (χ0) is 14.7. The minimum atomic E-state index is -0.901. The molecule has 20 heavy (non-hydrogen) atoms. The number of carboxylic acids is 1. The first-order chi connectivity index (χ1) is 9.49. The number of nitrogens with zero attached hydrogens (tertiary/aromatic N) is 2. The second-order valence-corrected chi connectivity index (χ2v) is 5.28. The Kier molecular flexibility index (Phi) is 4.27. The van der Waals surface area contributed by atoms with Crippen molar-refractivity contribution in [2.45, 2.75) is 19.3 Å². The van der Waals surface area contributed by atoms with Gasteiger partial charge in [0.05, 0.1) is 5.56 Å². The van der Waals surface area contributed by atoms with Crippen LogP contribution in [-0.2, 0) is 11.2 Å². The first-order valence-electron chi connectivity index (χ1n) is 6.80. The van der Waals surface area contributed by atoms with Crippen molar-refractivity contribution in [1.82, 2.24) is 4.90 Å². The van der Waals surface area contributed by atoms with Gasteiger partial charge in [-0.1, -0.05) is 6.07 Å². The minimum absolute atomic E-state index is 0.128. The Morgan fingerprint density at radius 1 is 1.35 bits per heavy atom. The molecule has 2 rings (SSSR count). The first-order valence-corrected chi connectivity index (χ1v) is 6.80. The third-order valence-corrected chi connectivity index (χ3v) is 3.64. The Morgan fingerprint density at radius 3 is 2.75 bits per heavy atom. The van der Waals surface area contributed by atoms with Crippen LogP contribution in [0, 0.1) is 0 Å². The highest BCUT2D eigenvalue weighted by atomic mass is 16.4. The lowest BCUT2D eigenvalue weighted by Gasteiger charge is -2.20. The van der Waals surface area contributed by atoms with Crippen molar-refractivity contribution in [2.75, 3.05) is 32.1 Å². The van der Waals surface area contributed by atoms with Crippen molar-refractivity contribution >= 4 is 17.6 Å². The summed E-state index contributed by atoms with van der Waals surface area (Å²) in [6.07, 6.45) is 2.25. The lowest BCUT2D eigenvalue weighted by Crippen LogP contribution is -2.25. The number of carboxylic acid groups (broad SMARTS) is 1.